The van der Waals surface area contributed by atoms with E-state index in [0.29, 0.717) is 16.4 Å². The van der Waals surface area contributed by atoms with Crippen LogP contribution in [0.2, 0.25) is 0 Å². The van der Waals surface area contributed by atoms with Gasteiger partial charge in [0.15, 0.2) is 10.9 Å². The molecular weight excluding hydrogens is 330 g/mol. The number of Topliss-reactive ketones (excluding diaryl/α,β-unsaturated/α-hetero) is 1. The first-order chi connectivity index (χ1) is 11.5. The molecule has 0 aliphatic heterocycles. The lowest BCUT2D eigenvalue weighted by Crippen LogP contribution is -2.07. The van der Waals surface area contributed by atoms with Gasteiger partial charge in [0, 0.05) is 18.2 Å². The molecule has 0 saturated carbocycles. The number of hydrogen-bond acceptors (Lipinski definition) is 6. The normalized spacial score (nSPS) is 10.2. The monoisotopic (exact) mass is 347 g/mol. The Labute approximate surface area is 143 Å². The summed E-state index contributed by atoms with van der Waals surface area (Å²) < 4.78 is 4.86. The van der Waals surface area contributed by atoms with E-state index in [0.717, 1.165) is 0 Å². The maximum Gasteiger partial charge on any atom is 0.356 e. The zero-order valence-corrected chi connectivity index (χ0v) is 14.1. The first-order valence-electron chi connectivity index (χ1n) is 7.25. The molecule has 8 heteroatoms. The molecule has 126 valence electrons. The summed E-state index contributed by atoms with van der Waals surface area (Å²) in [6.45, 7) is 3.43. The topological polar surface area (TPSA) is 101 Å². The van der Waals surface area contributed by atoms with E-state index in [-0.39, 0.29) is 29.7 Å². The molecule has 1 amide bonds. The van der Waals surface area contributed by atoms with E-state index in [1.54, 1.807) is 31.2 Å². The molecular formula is C16H17N3O4S. The van der Waals surface area contributed by atoms with Crippen molar-refractivity contribution < 1.29 is 19.1 Å². The Balaban J connectivity index is 1.91. The third-order valence-corrected chi connectivity index (χ3v) is 3.80. The van der Waals surface area contributed by atoms with Crippen molar-refractivity contribution in [2.75, 3.05) is 17.7 Å². The zero-order chi connectivity index (χ0) is 17.5. The third kappa shape index (κ3) is 4.95. The second kappa shape index (κ2) is 8.30. The van der Waals surface area contributed by atoms with Crippen molar-refractivity contribution in [3.63, 3.8) is 0 Å². The fraction of sp³-hybridized carbons (Fsp3) is 0.250. The molecule has 0 atom stereocenters. The lowest BCUT2D eigenvalue weighted by atomic mass is 10.1. The van der Waals surface area contributed by atoms with Gasteiger partial charge in [-0.05, 0) is 31.2 Å². The highest BCUT2D eigenvalue weighted by Crippen LogP contribution is 2.17. The molecule has 2 rings (SSSR count). The molecule has 2 N–H and O–H groups in total. The number of benzene rings is 1. The molecule has 0 saturated heterocycles. The smallest absolute Gasteiger partial charge is 0.356 e. The van der Waals surface area contributed by atoms with Gasteiger partial charge in [0.05, 0.1) is 18.6 Å². The molecule has 0 unspecified atom stereocenters. The summed E-state index contributed by atoms with van der Waals surface area (Å²) in [5.74, 6) is -0.546. The van der Waals surface area contributed by atoms with E-state index >= 15 is 0 Å². The Kier molecular flexibility index (Phi) is 6.14. The summed E-state index contributed by atoms with van der Waals surface area (Å²) in [5.41, 5.74) is 1.43. The number of aromatic nitrogens is 2. The Morgan fingerprint density at radius 3 is 2.58 bits per heavy atom. The van der Waals surface area contributed by atoms with Crippen LogP contribution < -0.4 is 5.32 Å². The molecule has 1 heterocycles. The summed E-state index contributed by atoms with van der Waals surface area (Å²) in [6, 6.07) is 6.65. The van der Waals surface area contributed by atoms with E-state index in [1.807, 2.05) is 0 Å². The third-order valence-electron chi connectivity index (χ3n) is 2.92. The van der Waals surface area contributed by atoms with Gasteiger partial charge in [-0.1, -0.05) is 11.8 Å². The van der Waals surface area contributed by atoms with Gasteiger partial charge in [0.25, 0.3) is 0 Å². The molecule has 1 aromatic heterocycles. The molecule has 1 aromatic carbocycles. The molecule has 0 fully saturated rings. The molecule has 24 heavy (non-hydrogen) atoms. The molecule has 0 aliphatic carbocycles. The van der Waals surface area contributed by atoms with Gasteiger partial charge < -0.3 is 15.0 Å². The van der Waals surface area contributed by atoms with E-state index in [4.69, 9.17) is 4.74 Å². The average molecular weight is 347 g/mol. The second-order valence-electron chi connectivity index (χ2n) is 4.79. The van der Waals surface area contributed by atoms with E-state index in [2.05, 4.69) is 15.3 Å². The van der Waals surface area contributed by atoms with Crippen molar-refractivity contribution in [2.45, 2.75) is 19.0 Å². The lowest BCUT2D eigenvalue weighted by Gasteiger charge is -2.03. The standard InChI is InChI=1S/C16H17N3O4S/c1-3-23-15(22)13-8-17-16(19-13)24-9-14(21)11-4-6-12(7-5-11)18-10(2)20/h4-8H,3,9H2,1-2H3,(H,17,19)(H,18,20). The zero-order valence-electron chi connectivity index (χ0n) is 13.3. The summed E-state index contributed by atoms with van der Waals surface area (Å²) in [7, 11) is 0. The summed E-state index contributed by atoms with van der Waals surface area (Å²) >= 11 is 1.20. The number of anilines is 1. The van der Waals surface area contributed by atoms with Crippen LogP contribution in [0, 0.1) is 0 Å². The van der Waals surface area contributed by atoms with Gasteiger partial charge in [-0.25, -0.2) is 9.78 Å². The Morgan fingerprint density at radius 1 is 1.25 bits per heavy atom. The van der Waals surface area contributed by atoms with Crippen LogP contribution in [0.5, 0.6) is 0 Å². The number of imidazole rings is 1. The van der Waals surface area contributed by atoms with E-state index < -0.39 is 5.97 Å². The van der Waals surface area contributed by atoms with Gasteiger partial charge in [-0.15, -0.1) is 0 Å². The number of thioether (sulfide) groups is 1. The second-order valence-corrected chi connectivity index (χ2v) is 5.76. The number of aromatic amines is 1. The molecule has 0 spiro atoms. The number of nitrogens with zero attached hydrogens (tertiary/aromatic N) is 1. The van der Waals surface area contributed by atoms with Crippen molar-refractivity contribution in [1.29, 1.82) is 0 Å². The molecule has 2 aromatic rings. The maximum atomic E-state index is 12.2. The SMILES string of the molecule is CCOC(=O)c1cnc(SCC(=O)c2ccc(NC(C)=O)cc2)[nH]1. The summed E-state index contributed by atoms with van der Waals surface area (Å²) in [4.78, 5) is 41.5. The van der Waals surface area contributed by atoms with Gasteiger partial charge in [0.2, 0.25) is 5.91 Å². The van der Waals surface area contributed by atoms with Crippen LogP contribution in [0.4, 0.5) is 5.69 Å². The predicted octanol–water partition coefficient (Wildman–Crippen LogP) is 2.52. The van der Waals surface area contributed by atoms with Crippen LogP contribution in [0.1, 0.15) is 34.7 Å². The first kappa shape index (κ1) is 17.7. The molecule has 0 radical (unpaired) electrons. The Morgan fingerprint density at radius 2 is 1.96 bits per heavy atom. The number of carbonyl (C=O) groups is 3. The summed E-state index contributed by atoms with van der Waals surface area (Å²) in [5, 5.41) is 3.11. The number of nitrogens with one attached hydrogen (secondary N) is 2. The predicted molar refractivity (Wildman–Crippen MR) is 90.3 cm³/mol. The van der Waals surface area contributed by atoms with Crippen LogP contribution in [0.15, 0.2) is 35.6 Å². The largest absolute Gasteiger partial charge is 0.461 e. The molecule has 0 aliphatic rings. The van der Waals surface area contributed by atoms with E-state index in [1.165, 1.54) is 24.9 Å². The van der Waals surface area contributed by atoms with Gasteiger partial charge in [-0.3, -0.25) is 9.59 Å². The minimum Gasteiger partial charge on any atom is -0.461 e. The first-order valence-corrected chi connectivity index (χ1v) is 8.24. The number of esters is 1. The average Bonchev–Trinajstić information content (AvgIpc) is 3.02. The number of hydrogen-bond donors (Lipinski definition) is 2. The number of ketones is 1. The van der Waals surface area contributed by atoms with Gasteiger partial charge in [0.1, 0.15) is 5.69 Å². The number of carbonyl (C=O) groups excluding carboxylic acids is 3. The highest BCUT2D eigenvalue weighted by Gasteiger charge is 2.12. The lowest BCUT2D eigenvalue weighted by molar-refractivity contribution is -0.114. The van der Waals surface area contributed by atoms with Crippen LogP contribution >= 0.6 is 11.8 Å². The molecule has 7 nitrogen and oxygen atoms in total. The van der Waals surface area contributed by atoms with Crippen molar-refractivity contribution in [2.24, 2.45) is 0 Å². The van der Waals surface area contributed by atoms with Gasteiger partial charge >= 0.3 is 5.97 Å². The quantitative estimate of drug-likeness (QED) is 0.453. The highest BCUT2D eigenvalue weighted by molar-refractivity contribution is 7.99. The maximum absolute atomic E-state index is 12.2. The molecule has 0 bridgehead atoms. The summed E-state index contributed by atoms with van der Waals surface area (Å²) in [6.07, 6.45) is 1.38. The van der Waals surface area contributed by atoms with Crippen LogP contribution in [-0.2, 0) is 9.53 Å². The van der Waals surface area contributed by atoms with Gasteiger partial charge in [-0.2, -0.15) is 0 Å². The number of rotatable bonds is 7. The van der Waals surface area contributed by atoms with Crippen molar-refractivity contribution in [1.82, 2.24) is 9.97 Å². The van der Waals surface area contributed by atoms with Crippen molar-refractivity contribution in [3.05, 3.63) is 41.7 Å². The number of amides is 1. The van der Waals surface area contributed by atoms with E-state index in [9.17, 15) is 14.4 Å². The number of ether oxygens (including phenoxy) is 1. The van der Waals surface area contributed by atoms with Crippen LogP contribution in [-0.4, -0.2) is 40.0 Å². The fourth-order valence-electron chi connectivity index (χ4n) is 1.85. The highest BCUT2D eigenvalue weighted by atomic mass is 32.2. The fourth-order valence-corrected chi connectivity index (χ4v) is 2.59. The Hall–Kier alpha value is -2.61. The Bertz CT molecular complexity index is 740. The minimum atomic E-state index is -0.475. The van der Waals surface area contributed by atoms with Crippen LogP contribution in [0.3, 0.4) is 0 Å². The van der Waals surface area contributed by atoms with Crippen molar-refractivity contribution in [3.8, 4) is 0 Å². The number of H-pyrrole nitrogens is 1. The minimum absolute atomic E-state index is 0.0801. The van der Waals surface area contributed by atoms with Crippen molar-refractivity contribution >= 4 is 35.1 Å². The van der Waals surface area contributed by atoms with Crippen LogP contribution in [0.25, 0.3) is 0 Å².